The maximum absolute atomic E-state index is 11.5. The molecule has 110 valence electrons. The predicted octanol–water partition coefficient (Wildman–Crippen LogP) is 2.24. The van der Waals surface area contributed by atoms with Crippen molar-refractivity contribution in [2.24, 2.45) is 0 Å². The highest BCUT2D eigenvalue weighted by molar-refractivity contribution is 5.88. The lowest BCUT2D eigenvalue weighted by Gasteiger charge is -2.10. The van der Waals surface area contributed by atoms with Crippen LogP contribution < -0.4 is 10.1 Å². The second-order valence-corrected chi connectivity index (χ2v) is 4.54. The first-order valence-corrected chi connectivity index (χ1v) is 6.75. The zero-order valence-electron chi connectivity index (χ0n) is 11.9. The highest BCUT2D eigenvalue weighted by Gasteiger charge is 2.09. The van der Waals surface area contributed by atoms with Gasteiger partial charge in [-0.05, 0) is 30.5 Å². The molecule has 0 aliphatic carbocycles. The first kappa shape index (κ1) is 16.0. The number of hydrogen-bond acceptors (Lipinski definition) is 3. The zero-order valence-corrected chi connectivity index (χ0v) is 11.9. The molecular weight excluding hydrogens is 258 g/mol. The van der Waals surface area contributed by atoms with E-state index in [1.54, 1.807) is 12.1 Å². The molecule has 1 amide bonds. The van der Waals surface area contributed by atoms with Crippen LogP contribution in [0.3, 0.4) is 0 Å². The van der Waals surface area contributed by atoms with Gasteiger partial charge in [-0.15, -0.1) is 0 Å². The van der Waals surface area contributed by atoms with Gasteiger partial charge in [-0.25, -0.2) is 4.79 Å². The lowest BCUT2D eigenvalue weighted by Crippen LogP contribution is -2.25. The SMILES string of the molecule is CCCCC(=O)NCCc1ccc(C(=O)O)cc1OC. The van der Waals surface area contributed by atoms with Crippen LogP contribution in [-0.2, 0) is 11.2 Å². The molecule has 1 rings (SSSR count). The molecule has 0 bridgehead atoms. The normalized spacial score (nSPS) is 10.1. The number of amides is 1. The Hall–Kier alpha value is -2.04. The van der Waals surface area contributed by atoms with Gasteiger partial charge in [0.2, 0.25) is 5.91 Å². The number of aromatic carboxylic acids is 1. The summed E-state index contributed by atoms with van der Waals surface area (Å²) in [6.07, 6.45) is 3.05. The highest BCUT2D eigenvalue weighted by Crippen LogP contribution is 2.20. The minimum atomic E-state index is -0.984. The Morgan fingerprint density at radius 1 is 1.35 bits per heavy atom. The van der Waals surface area contributed by atoms with Gasteiger partial charge in [0, 0.05) is 13.0 Å². The third-order valence-corrected chi connectivity index (χ3v) is 3.01. The summed E-state index contributed by atoms with van der Waals surface area (Å²) in [5, 5.41) is 11.8. The number of methoxy groups -OCH3 is 1. The molecule has 0 saturated carbocycles. The van der Waals surface area contributed by atoms with Crippen LogP contribution in [0.4, 0.5) is 0 Å². The average molecular weight is 279 g/mol. The van der Waals surface area contributed by atoms with Crippen molar-refractivity contribution >= 4 is 11.9 Å². The molecule has 0 unspecified atom stereocenters. The number of ether oxygens (including phenoxy) is 1. The molecule has 0 heterocycles. The fourth-order valence-corrected chi connectivity index (χ4v) is 1.85. The van der Waals surface area contributed by atoms with Gasteiger partial charge >= 0.3 is 5.97 Å². The molecule has 1 aromatic carbocycles. The molecule has 1 aromatic rings. The van der Waals surface area contributed by atoms with Crippen molar-refractivity contribution < 1.29 is 19.4 Å². The number of hydrogen-bond donors (Lipinski definition) is 2. The van der Waals surface area contributed by atoms with Gasteiger partial charge in [0.25, 0.3) is 0 Å². The first-order chi connectivity index (χ1) is 9.58. The van der Waals surface area contributed by atoms with Gasteiger partial charge < -0.3 is 15.2 Å². The van der Waals surface area contributed by atoms with Crippen LogP contribution in [0.2, 0.25) is 0 Å². The van der Waals surface area contributed by atoms with E-state index in [1.807, 2.05) is 6.92 Å². The van der Waals surface area contributed by atoms with Crippen LogP contribution in [0.1, 0.15) is 42.1 Å². The molecule has 0 aromatic heterocycles. The minimum absolute atomic E-state index is 0.0490. The third-order valence-electron chi connectivity index (χ3n) is 3.01. The van der Waals surface area contributed by atoms with Crippen LogP contribution >= 0.6 is 0 Å². The monoisotopic (exact) mass is 279 g/mol. The van der Waals surface area contributed by atoms with Crippen molar-refractivity contribution in [1.82, 2.24) is 5.32 Å². The van der Waals surface area contributed by atoms with Gasteiger partial charge in [-0.3, -0.25) is 4.79 Å². The zero-order chi connectivity index (χ0) is 15.0. The van der Waals surface area contributed by atoms with Crippen molar-refractivity contribution in [2.75, 3.05) is 13.7 Å². The Kier molecular flexibility index (Phi) is 6.56. The molecule has 2 N–H and O–H groups in total. The van der Waals surface area contributed by atoms with Crippen molar-refractivity contribution in [3.8, 4) is 5.75 Å². The van der Waals surface area contributed by atoms with E-state index in [0.29, 0.717) is 25.1 Å². The van der Waals surface area contributed by atoms with Crippen molar-refractivity contribution in [3.63, 3.8) is 0 Å². The van der Waals surface area contributed by atoms with Crippen LogP contribution in [-0.4, -0.2) is 30.6 Å². The average Bonchev–Trinajstić information content (AvgIpc) is 2.45. The number of rotatable bonds is 8. The molecule has 5 heteroatoms. The van der Waals surface area contributed by atoms with E-state index in [9.17, 15) is 9.59 Å². The Morgan fingerprint density at radius 2 is 2.10 bits per heavy atom. The molecular formula is C15H21NO4. The van der Waals surface area contributed by atoms with E-state index in [0.717, 1.165) is 18.4 Å². The summed E-state index contributed by atoms with van der Waals surface area (Å²) in [5.41, 5.74) is 1.07. The Morgan fingerprint density at radius 3 is 2.70 bits per heavy atom. The number of unbranched alkanes of at least 4 members (excludes halogenated alkanes) is 1. The van der Waals surface area contributed by atoms with Crippen LogP contribution in [0.15, 0.2) is 18.2 Å². The topological polar surface area (TPSA) is 75.6 Å². The van der Waals surface area contributed by atoms with Gasteiger partial charge in [-0.1, -0.05) is 19.4 Å². The van der Waals surface area contributed by atoms with E-state index < -0.39 is 5.97 Å². The molecule has 0 atom stereocenters. The van der Waals surface area contributed by atoms with Crippen LogP contribution in [0, 0.1) is 0 Å². The summed E-state index contributed by atoms with van der Waals surface area (Å²) in [6.45, 7) is 2.56. The lowest BCUT2D eigenvalue weighted by atomic mass is 10.1. The fraction of sp³-hybridized carbons (Fsp3) is 0.467. The number of benzene rings is 1. The lowest BCUT2D eigenvalue weighted by molar-refractivity contribution is -0.121. The van der Waals surface area contributed by atoms with E-state index in [1.165, 1.54) is 13.2 Å². The molecule has 0 saturated heterocycles. The van der Waals surface area contributed by atoms with Gasteiger partial charge in [0.15, 0.2) is 0 Å². The summed E-state index contributed by atoms with van der Waals surface area (Å²) in [5.74, 6) is -0.400. The summed E-state index contributed by atoms with van der Waals surface area (Å²) in [4.78, 5) is 22.3. The highest BCUT2D eigenvalue weighted by atomic mass is 16.5. The molecule has 0 fully saturated rings. The number of carbonyl (C=O) groups is 2. The molecule has 20 heavy (non-hydrogen) atoms. The predicted molar refractivity (Wildman–Crippen MR) is 76.2 cm³/mol. The number of carboxylic acid groups (broad SMARTS) is 1. The largest absolute Gasteiger partial charge is 0.496 e. The maximum atomic E-state index is 11.5. The Balaban J connectivity index is 2.55. The number of carboxylic acids is 1. The molecule has 0 aliphatic heterocycles. The third kappa shape index (κ3) is 4.91. The molecule has 0 spiro atoms. The minimum Gasteiger partial charge on any atom is -0.496 e. The Labute approximate surface area is 118 Å². The van der Waals surface area contributed by atoms with Crippen molar-refractivity contribution in [3.05, 3.63) is 29.3 Å². The Bertz CT molecular complexity index is 471. The molecule has 5 nitrogen and oxygen atoms in total. The number of carbonyl (C=O) groups excluding carboxylic acids is 1. The standard InChI is InChI=1S/C15H21NO4/c1-3-4-5-14(17)16-9-8-11-6-7-12(15(18)19)10-13(11)20-2/h6-7,10H,3-5,8-9H2,1-2H3,(H,16,17)(H,18,19). The maximum Gasteiger partial charge on any atom is 0.335 e. The summed E-state index contributed by atoms with van der Waals surface area (Å²) >= 11 is 0. The van der Waals surface area contributed by atoms with E-state index in [2.05, 4.69) is 5.32 Å². The van der Waals surface area contributed by atoms with Gasteiger partial charge in [0.05, 0.1) is 12.7 Å². The summed E-state index contributed by atoms with van der Waals surface area (Å²) in [6, 6.07) is 4.76. The van der Waals surface area contributed by atoms with Crippen LogP contribution in [0.5, 0.6) is 5.75 Å². The van der Waals surface area contributed by atoms with Crippen LogP contribution in [0.25, 0.3) is 0 Å². The van der Waals surface area contributed by atoms with E-state index >= 15 is 0 Å². The number of nitrogens with one attached hydrogen (secondary N) is 1. The second-order valence-electron chi connectivity index (χ2n) is 4.54. The van der Waals surface area contributed by atoms with Crippen molar-refractivity contribution in [1.29, 1.82) is 0 Å². The quantitative estimate of drug-likeness (QED) is 0.765. The van der Waals surface area contributed by atoms with E-state index in [-0.39, 0.29) is 11.5 Å². The van der Waals surface area contributed by atoms with Crippen molar-refractivity contribution in [2.45, 2.75) is 32.6 Å². The summed E-state index contributed by atoms with van der Waals surface area (Å²) < 4.78 is 5.18. The van der Waals surface area contributed by atoms with Gasteiger partial charge in [-0.2, -0.15) is 0 Å². The first-order valence-electron chi connectivity index (χ1n) is 6.75. The van der Waals surface area contributed by atoms with E-state index in [4.69, 9.17) is 9.84 Å². The fourth-order valence-electron chi connectivity index (χ4n) is 1.85. The molecule has 0 radical (unpaired) electrons. The summed E-state index contributed by atoms with van der Waals surface area (Å²) in [7, 11) is 1.50. The van der Waals surface area contributed by atoms with Gasteiger partial charge in [0.1, 0.15) is 5.75 Å². The smallest absolute Gasteiger partial charge is 0.335 e. The molecule has 0 aliphatic rings. The second kappa shape index (κ2) is 8.19.